The molecule has 110 valence electrons. The fourth-order valence-corrected chi connectivity index (χ4v) is 2.18. The van der Waals surface area contributed by atoms with Crippen molar-refractivity contribution in [1.82, 2.24) is 4.98 Å². The Morgan fingerprint density at radius 2 is 2.00 bits per heavy atom. The van der Waals surface area contributed by atoms with E-state index in [0.29, 0.717) is 17.4 Å². The molecular weight excluding hydrogens is 295 g/mol. The minimum Gasteiger partial charge on any atom is -0.481 e. The Balaban J connectivity index is 2.21. The van der Waals surface area contributed by atoms with E-state index in [1.165, 1.54) is 12.1 Å². The van der Waals surface area contributed by atoms with E-state index in [-0.39, 0.29) is 18.8 Å². The van der Waals surface area contributed by atoms with E-state index in [1.54, 1.807) is 30.5 Å². The van der Waals surface area contributed by atoms with Crippen LogP contribution in [0.5, 0.6) is 0 Å². The summed E-state index contributed by atoms with van der Waals surface area (Å²) < 4.78 is 12.9. The summed E-state index contributed by atoms with van der Waals surface area (Å²) in [4.78, 5) is 16.6. The van der Waals surface area contributed by atoms with Crippen molar-refractivity contribution >= 4 is 23.3 Å². The van der Waals surface area contributed by atoms with Gasteiger partial charge in [-0.2, -0.15) is 0 Å². The van der Waals surface area contributed by atoms with Crippen molar-refractivity contribution in [3.05, 3.63) is 59.1 Å². The molecule has 0 amide bonds. The van der Waals surface area contributed by atoms with Gasteiger partial charge in [-0.3, -0.25) is 4.79 Å². The van der Waals surface area contributed by atoms with Gasteiger partial charge in [-0.05, 0) is 29.8 Å². The Morgan fingerprint density at radius 3 is 2.62 bits per heavy atom. The first-order valence-electron chi connectivity index (χ1n) is 6.38. The molecule has 6 heteroatoms. The molecule has 0 saturated heterocycles. The van der Waals surface area contributed by atoms with Crippen LogP contribution in [0.1, 0.15) is 12.0 Å². The maximum Gasteiger partial charge on any atom is 0.305 e. The predicted octanol–water partition coefficient (Wildman–Crippen LogP) is 3.36. The van der Waals surface area contributed by atoms with Crippen molar-refractivity contribution < 1.29 is 14.3 Å². The van der Waals surface area contributed by atoms with E-state index in [4.69, 9.17) is 16.7 Å². The highest BCUT2D eigenvalue weighted by Gasteiger charge is 2.13. The number of hydrogen-bond donors (Lipinski definition) is 1. The summed E-state index contributed by atoms with van der Waals surface area (Å²) in [6.07, 6.45) is 1.55. The van der Waals surface area contributed by atoms with Gasteiger partial charge in [0.1, 0.15) is 5.82 Å². The molecule has 1 N–H and O–H groups in total. The normalized spacial score (nSPS) is 10.4. The van der Waals surface area contributed by atoms with E-state index >= 15 is 0 Å². The maximum atomic E-state index is 12.9. The third-order valence-electron chi connectivity index (χ3n) is 2.96. The molecule has 0 atom stereocenters. The molecule has 21 heavy (non-hydrogen) atoms. The van der Waals surface area contributed by atoms with Crippen LogP contribution in [-0.2, 0) is 11.3 Å². The van der Waals surface area contributed by atoms with E-state index in [9.17, 15) is 9.18 Å². The first-order valence-corrected chi connectivity index (χ1v) is 6.76. The zero-order valence-electron chi connectivity index (χ0n) is 11.2. The number of hydrogen-bond acceptors (Lipinski definition) is 3. The van der Waals surface area contributed by atoms with E-state index in [0.717, 1.165) is 5.56 Å². The summed E-state index contributed by atoms with van der Waals surface area (Å²) in [5, 5.41) is 9.17. The Bertz CT molecular complexity index is 619. The zero-order valence-corrected chi connectivity index (χ0v) is 11.9. The summed E-state index contributed by atoms with van der Waals surface area (Å²) in [6, 6.07) is 9.58. The smallest absolute Gasteiger partial charge is 0.305 e. The fraction of sp³-hybridized carbons (Fsp3) is 0.200. The van der Waals surface area contributed by atoms with E-state index in [1.807, 2.05) is 4.90 Å². The molecule has 1 heterocycles. The lowest BCUT2D eigenvalue weighted by atomic mass is 10.2. The molecule has 2 aromatic rings. The van der Waals surface area contributed by atoms with Crippen LogP contribution in [0.15, 0.2) is 42.6 Å². The molecular formula is C15H14ClFN2O2. The van der Waals surface area contributed by atoms with Crippen LogP contribution in [0.25, 0.3) is 0 Å². The Hall–Kier alpha value is -2.14. The average Bonchev–Trinajstić information content (AvgIpc) is 2.46. The zero-order chi connectivity index (χ0) is 15.2. The molecule has 4 nitrogen and oxygen atoms in total. The number of nitrogens with zero attached hydrogens (tertiary/aromatic N) is 2. The van der Waals surface area contributed by atoms with Crippen molar-refractivity contribution in [2.24, 2.45) is 0 Å². The number of anilines is 1. The summed E-state index contributed by atoms with van der Waals surface area (Å²) >= 11 is 6.07. The van der Waals surface area contributed by atoms with Gasteiger partial charge in [0.25, 0.3) is 0 Å². The highest BCUT2D eigenvalue weighted by Crippen LogP contribution is 2.24. The van der Waals surface area contributed by atoms with Crippen molar-refractivity contribution in [2.45, 2.75) is 13.0 Å². The summed E-state index contributed by atoms with van der Waals surface area (Å²) in [5.41, 5.74) is 1.52. The van der Waals surface area contributed by atoms with Crippen LogP contribution in [0, 0.1) is 5.82 Å². The molecule has 2 rings (SSSR count). The second-order valence-electron chi connectivity index (χ2n) is 4.51. The number of rotatable bonds is 6. The summed E-state index contributed by atoms with van der Waals surface area (Å²) in [7, 11) is 0. The predicted molar refractivity (Wildman–Crippen MR) is 78.9 cm³/mol. The molecule has 0 aliphatic heterocycles. The summed E-state index contributed by atoms with van der Waals surface area (Å²) in [6.45, 7) is 0.719. The van der Waals surface area contributed by atoms with Crippen LogP contribution in [-0.4, -0.2) is 22.6 Å². The van der Waals surface area contributed by atoms with Crippen molar-refractivity contribution in [1.29, 1.82) is 0 Å². The number of aromatic nitrogens is 1. The van der Waals surface area contributed by atoms with E-state index < -0.39 is 5.97 Å². The second kappa shape index (κ2) is 7.04. The number of halogens is 2. The quantitative estimate of drug-likeness (QED) is 0.831. The molecule has 1 aromatic heterocycles. The van der Waals surface area contributed by atoms with E-state index in [2.05, 4.69) is 4.98 Å². The number of carboxylic acids is 1. The largest absolute Gasteiger partial charge is 0.481 e. The van der Waals surface area contributed by atoms with Crippen LogP contribution in [0.3, 0.4) is 0 Å². The molecule has 0 spiro atoms. The first-order chi connectivity index (χ1) is 10.1. The van der Waals surface area contributed by atoms with Crippen molar-refractivity contribution in [3.63, 3.8) is 0 Å². The molecule has 0 saturated carbocycles. The maximum absolute atomic E-state index is 12.9. The third kappa shape index (κ3) is 4.43. The molecule has 1 aromatic carbocycles. The topological polar surface area (TPSA) is 53.4 Å². The lowest BCUT2D eigenvalue weighted by Gasteiger charge is -2.24. The molecule has 0 aliphatic carbocycles. The number of aliphatic carboxylic acids is 1. The average molecular weight is 309 g/mol. The minimum atomic E-state index is -0.890. The van der Waals surface area contributed by atoms with Gasteiger partial charge in [-0.15, -0.1) is 0 Å². The number of carbonyl (C=O) groups is 1. The minimum absolute atomic E-state index is 0.0214. The molecule has 0 unspecified atom stereocenters. The van der Waals surface area contributed by atoms with Crippen LogP contribution < -0.4 is 4.90 Å². The Kier molecular flexibility index (Phi) is 5.11. The third-order valence-corrected chi connectivity index (χ3v) is 3.25. The van der Waals surface area contributed by atoms with Crippen LogP contribution in [0.4, 0.5) is 10.1 Å². The monoisotopic (exact) mass is 308 g/mol. The molecule has 0 aliphatic rings. The van der Waals surface area contributed by atoms with Gasteiger partial charge in [0.05, 0.1) is 12.1 Å². The second-order valence-corrected chi connectivity index (χ2v) is 4.86. The molecule has 0 fully saturated rings. The highest BCUT2D eigenvalue weighted by atomic mass is 35.5. The van der Waals surface area contributed by atoms with Crippen molar-refractivity contribution in [2.75, 3.05) is 11.4 Å². The fourth-order valence-electron chi connectivity index (χ4n) is 1.94. The number of carboxylic acid groups (broad SMARTS) is 1. The lowest BCUT2D eigenvalue weighted by Crippen LogP contribution is -2.26. The van der Waals surface area contributed by atoms with Gasteiger partial charge in [-0.25, -0.2) is 9.37 Å². The highest BCUT2D eigenvalue weighted by molar-refractivity contribution is 6.32. The Labute approximate surface area is 126 Å². The van der Waals surface area contributed by atoms with Gasteiger partial charge in [-0.1, -0.05) is 23.7 Å². The van der Waals surface area contributed by atoms with Gasteiger partial charge in [0, 0.05) is 19.3 Å². The lowest BCUT2D eigenvalue weighted by molar-refractivity contribution is -0.136. The first kappa shape index (κ1) is 15.3. The van der Waals surface area contributed by atoms with Gasteiger partial charge in [0.2, 0.25) is 0 Å². The van der Waals surface area contributed by atoms with Gasteiger partial charge >= 0.3 is 5.97 Å². The Morgan fingerprint density at radius 1 is 1.29 bits per heavy atom. The van der Waals surface area contributed by atoms with Gasteiger partial charge in [0.15, 0.2) is 5.15 Å². The standard InChI is InChI=1S/C15H14ClFN2O2/c16-15-13(2-1-8-18-15)19(9-7-14(20)21)10-11-3-5-12(17)6-4-11/h1-6,8H,7,9-10H2,(H,20,21). The van der Waals surface area contributed by atoms with Crippen LogP contribution in [0.2, 0.25) is 5.15 Å². The van der Waals surface area contributed by atoms with Gasteiger partial charge < -0.3 is 10.0 Å². The summed E-state index contributed by atoms with van der Waals surface area (Å²) in [5.74, 6) is -1.20. The number of pyridine rings is 1. The molecule has 0 radical (unpaired) electrons. The molecule has 0 bridgehead atoms. The van der Waals surface area contributed by atoms with Crippen molar-refractivity contribution in [3.8, 4) is 0 Å². The number of benzene rings is 1. The van der Waals surface area contributed by atoms with Crippen LogP contribution >= 0.6 is 11.6 Å². The SMILES string of the molecule is O=C(O)CCN(Cc1ccc(F)cc1)c1cccnc1Cl.